The first-order valence-corrected chi connectivity index (χ1v) is 10.9. The summed E-state index contributed by atoms with van der Waals surface area (Å²) in [7, 11) is 0. The Balaban J connectivity index is 1.62. The molecule has 3 aromatic carbocycles. The Labute approximate surface area is 191 Å². The third-order valence-electron chi connectivity index (χ3n) is 6.15. The van der Waals surface area contributed by atoms with Crippen LogP contribution in [0.3, 0.4) is 0 Å². The molecule has 1 amide bonds. The lowest BCUT2D eigenvalue weighted by molar-refractivity contribution is -0.138. The highest BCUT2D eigenvalue weighted by Crippen LogP contribution is 2.30. The molecule has 33 heavy (non-hydrogen) atoms. The number of nitrogens with one attached hydrogen (secondary N) is 2. The van der Waals surface area contributed by atoms with Crippen LogP contribution in [0.4, 0.5) is 5.69 Å². The number of carbonyl (C=O) groups is 2. The number of anilines is 1. The van der Waals surface area contributed by atoms with Crippen LogP contribution in [0.5, 0.6) is 0 Å². The third kappa shape index (κ3) is 3.91. The summed E-state index contributed by atoms with van der Waals surface area (Å²) >= 11 is 0. The number of H-pyrrole nitrogens is 1. The minimum absolute atomic E-state index is 0.188. The van der Waals surface area contributed by atoms with Crippen molar-refractivity contribution in [2.75, 3.05) is 5.32 Å². The van der Waals surface area contributed by atoms with Gasteiger partial charge in [-0.3, -0.25) is 14.6 Å². The first-order chi connectivity index (χ1) is 16.0. The van der Waals surface area contributed by atoms with Crippen molar-refractivity contribution in [3.63, 3.8) is 0 Å². The number of amides is 1. The number of para-hydroxylation sites is 1. The van der Waals surface area contributed by atoms with Crippen LogP contribution in [0.15, 0.2) is 84.0 Å². The highest BCUT2D eigenvalue weighted by molar-refractivity contribution is 6.19. The molecule has 164 valence electrons. The van der Waals surface area contributed by atoms with Gasteiger partial charge in [-0.25, -0.2) is 0 Å². The van der Waals surface area contributed by atoms with Crippen LogP contribution in [-0.4, -0.2) is 33.7 Å². The summed E-state index contributed by atoms with van der Waals surface area (Å²) in [6, 6.07) is 22.4. The standard InChI is InChI=1S/C27H23N3O3/c1-16(27(32)33)18-11-12-23-21(13-18)25(17-7-3-2-4-8-17)29-24(26(31)30-23)14-19-15-28-22-10-6-5-9-20(19)22/h2-13,15-16,24,28H,14H2,1H3,(H,30,31)(H,32,33). The molecule has 0 aliphatic carbocycles. The SMILES string of the molecule is CC(C(=O)O)c1ccc2c(c1)C(c1ccccc1)=NC(Cc1c[nH]c3ccccc13)C(=O)N2. The molecule has 0 saturated carbocycles. The van der Waals surface area contributed by atoms with Gasteiger partial charge in [-0.2, -0.15) is 0 Å². The van der Waals surface area contributed by atoms with E-state index in [-0.39, 0.29) is 5.91 Å². The number of carboxylic acid groups (broad SMARTS) is 1. The van der Waals surface area contributed by atoms with Gasteiger partial charge in [0.25, 0.3) is 0 Å². The number of aromatic amines is 1. The van der Waals surface area contributed by atoms with Crippen molar-refractivity contribution in [3.8, 4) is 0 Å². The molecule has 1 aliphatic heterocycles. The van der Waals surface area contributed by atoms with Crippen LogP contribution in [-0.2, 0) is 16.0 Å². The second-order valence-electron chi connectivity index (χ2n) is 8.28. The van der Waals surface area contributed by atoms with E-state index in [9.17, 15) is 14.7 Å². The van der Waals surface area contributed by atoms with E-state index in [0.29, 0.717) is 23.4 Å². The number of hydrogen-bond acceptors (Lipinski definition) is 3. The molecule has 5 rings (SSSR count). The predicted molar refractivity (Wildman–Crippen MR) is 129 cm³/mol. The zero-order chi connectivity index (χ0) is 22.9. The second-order valence-corrected chi connectivity index (χ2v) is 8.28. The summed E-state index contributed by atoms with van der Waals surface area (Å²) in [5.74, 6) is -1.76. The van der Waals surface area contributed by atoms with Crippen molar-refractivity contribution in [1.29, 1.82) is 0 Å². The summed E-state index contributed by atoms with van der Waals surface area (Å²) in [6.07, 6.45) is 2.37. The van der Waals surface area contributed by atoms with Gasteiger partial charge in [-0.05, 0) is 36.2 Å². The largest absolute Gasteiger partial charge is 0.481 e. The van der Waals surface area contributed by atoms with Gasteiger partial charge in [-0.1, -0.05) is 54.6 Å². The zero-order valence-electron chi connectivity index (χ0n) is 18.1. The van der Waals surface area contributed by atoms with E-state index in [2.05, 4.69) is 10.3 Å². The Morgan fingerprint density at radius 3 is 2.61 bits per heavy atom. The maximum absolute atomic E-state index is 13.2. The average molecular weight is 437 g/mol. The zero-order valence-corrected chi connectivity index (χ0v) is 18.1. The fraction of sp³-hybridized carbons (Fsp3) is 0.148. The van der Waals surface area contributed by atoms with Crippen LogP contribution in [0.2, 0.25) is 0 Å². The van der Waals surface area contributed by atoms with E-state index < -0.39 is 17.9 Å². The van der Waals surface area contributed by atoms with Crippen molar-refractivity contribution in [1.82, 2.24) is 4.98 Å². The van der Waals surface area contributed by atoms with Crippen LogP contribution < -0.4 is 5.32 Å². The molecule has 6 nitrogen and oxygen atoms in total. The van der Waals surface area contributed by atoms with E-state index in [1.165, 1.54) is 0 Å². The van der Waals surface area contributed by atoms with E-state index >= 15 is 0 Å². The molecular weight excluding hydrogens is 414 g/mol. The van der Waals surface area contributed by atoms with E-state index in [1.54, 1.807) is 19.1 Å². The van der Waals surface area contributed by atoms with Crippen LogP contribution in [0, 0.1) is 0 Å². The Morgan fingerprint density at radius 1 is 1.06 bits per heavy atom. The van der Waals surface area contributed by atoms with Gasteiger partial charge in [-0.15, -0.1) is 0 Å². The van der Waals surface area contributed by atoms with Crippen molar-refractivity contribution < 1.29 is 14.7 Å². The molecule has 1 aliphatic rings. The Kier molecular flexibility index (Phi) is 5.26. The molecule has 2 atom stereocenters. The van der Waals surface area contributed by atoms with Gasteiger partial charge in [0, 0.05) is 34.6 Å². The smallest absolute Gasteiger partial charge is 0.310 e. The van der Waals surface area contributed by atoms with Crippen LogP contribution >= 0.6 is 0 Å². The minimum Gasteiger partial charge on any atom is -0.481 e. The fourth-order valence-corrected chi connectivity index (χ4v) is 4.25. The average Bonchev–Trinajstić information content (AvgIpc) is 3.18. The van der Waals surface area contributed by atoms with Gasteiger partial charge < -0.3 is 15.4 Å². The summed E-state index contributed by atoms with van der Waals surface area (Å²) in [4.78, 5) is 33.0. The summed E-state index contributed by atoms with van der Waals surface area (Å²) in [6.45, 7) is 1.65. The Hall–Kier alpha value is -4.19. The number of nitrogens with zero attached hydrogens (tertiary/aromatic N) is 1. The number of aliphatic imine (C=N–C) groups is 1. The lowest BCUT2D eigenvalue weighted by Gasteiger charge is -2.14. The molecule has 2 heterocycles. The maximum atomic E-state index is 13.2. The van der Waals surface area contributed by atoms with Crippen LogP contribution in [0.25, 0.3) is 10.9 Å². The molecule has 6 heteroatoms. The number of aromatic nitrogens is 1. The van der Waals surface area contributed by atoms with Crippen molar-refractivity contribution in [2.24, 2.45) is 4.99 Å². The number of hydrogen-bond donors (Lipinski definition) is 3. The highest BCUT2D eigenvalue weighted by atomic mass is 16.4. The molecule has 0 bridgehead atoms. The molecule has 3 N–H and O–H groups in total. The maximum Gasteiger partial charge on any atom is 0.310 e. The fourth-order valence-electron chi connectivity index (χ4n) is 4.25. The van der Waals surface area contributed by atoms with Gasteiger partial charge >= 0.3 is 5.97 Å². The first-order valence-electron chi connectivity index (χ1n) is 10.9. The van der Waals surface area contributed by atoms with Crippen molar-refractivity contribution in [3.05, 3.63) is 101 Å². The molecule has 1 aromatic heterocycles. The van der Waals surface area contributed by atoms with Gasteiger partial charge in [0.1, 0.15) is 6.04 Å². The summed E-state index contributed by atoms with van der Waals surface area (Å²) in [5, 5.41) is 13.6. The molecular formula is C27H23N3O3. The van der Waals surface area contributed by atoms with Gasteiger partial charge in [0.05, 0.1) is 17.3 Å². The molecule has 0 radical (unpaired) electrons. The number of carboxylic acids is 1. The molecule has 0 spiro atoms. The quantitative estimate of drug-likeness (QED) is 0.420. The molecule has 4 aromatic rings. The molecule has 0 fully saturated rings. The second kappa shape index (κ2) is 8.39. The third-order valence-corrected chi connectivity index (χ3v) is 6.15. The number of benzene rings is 3. The Morgan fingerprint density at radius 2 is 1.82 bits per heavy atom. The summed E-state index contributed by atoms with van der Waals surface area (Å²) < 4.78 is 0. The Bertz CT molecular complexity index is 1390. The van der Waals surface area contributed by atoms with Crippen molar-refractivity contribution >= 4 is 34.2 Å². The normalized spacial score (nSPS) is 16.5. The number of rotatable bonds is 5. The highest BCUT2D eigenvalue weighted by Gasteiger charge is 2.28. The van der Waals surface area contributed by atoms with E-state index in [1.807, 2.05) is 66.9 Å². The first kappa shape index (κ1) is 20.7. The lowest BCUT2D eigenvalue weighted by atomic mass is 9.94. The number of carbonyl (C=O) groups excluding carboxylic acids is 1. The lowest BCUT2D eigenvalue weighted by Crippen LogP contribution is -2.27. The van der Waals surface area contributed by atoms with E-state index in [4.69, 9.17) is 4.99 Å². The molecule has 2 unspecified atom stereocenters. The minimum atomic E-state index is -0.900. The van der Waals surface area contributed by atoms with Gasteiger partial charge in [0.2, 0.25) is 5.91 Å². The van der Waals surface area contributed by atoms with Gasteiger partial charge in [0.15, 0.2) is 0 Å². The van der Waals surface area contributed by atoms with Crippen LogP contribution in [0.1, 0.15) is 35.1 Å². The van der Waals surface area contributed by atoms with E-state index in [0.717, 1.165) is 27.6 Å². The topological polar surface area (TPSA) is 94.5 Å². The van der Waals surface area contributed by atoms with Crippen molar-refractivity contribution in [2.45, 2.75) is 25.3 Å². The number of benzodiazepines with no additional fused rings is 1. The predicted octanol–water partition coefficient (Wildman–Crippen LogP) is 4.76. The summed E-state index contributed by atoms with van der Waals surface area (Å²) in [5.41, 5.74) is 5.60. The monoisotopic (exact) mass is 437 g/mol. The molecule has 0 saturated heterocycles. The number of aliphatic carboxylic acids is 1. The number of fused-ring (bicyclic) bond motifs is 2.